The maximum absolute atomic E-state index is 12.4. The van der Waals surface area contributed by atoms with E-state index >= 15 is 0 Å². The summed E-state index contributed by atoms with van der Waals surface area (Å²) in [5.74, 6) is 4.12. The topological polar surface area (TPSA) is 41.1 Å². The average molecular weight is 285 g/mol. The predicted octanol–water partition coefficient (Wildman–Crippen LogP) is 1.96. The van der Waals surface area contributed by atoms with Gasteiger partial charge in [-0.05, 0) is 69.2 Å². The number of halogens is 1. The van der Waals surface area contributed by atoms with Crippen molar-refractivity contribution in [2.45, 2.75) is 51.1 Å². The lowest BCUT2D eigenvalue weighted by Gasteiger charge is -2.31. The van der Waals surface area contributed by atoms with E-state index in [4.69, 9.17) is 0 Å². The fraction of sp³-hybridized carbons (Fsp3) is 0.933. The van der Waals surface area contributed by atoms with Crippen LogP contribution in [0.3, 0.4) is 0 Å². The van der Waals surface area contributed by atoms with Crippen molar-refractivity contribution in [2.75, 3.05) is 6.54 Å². The molecule has 0 radical (unpaired) electrons. The third-order valence-corrected chi connectivity index (χ3v) is 6.13. The van der Waals surface area contributed by atoms with Gasteiger partial charge >= 0.3 is 0 Å². The summed E-state index contributed by atoms with van der Waals surface area (Å²) in [6.45, 7) is 3.30. The maximum atomic E-state index is 12.4. The van der Waals surface area contributed by atoms with Crippen molar-refractivity contribution >= 4 is 18.3 Å². The Hall–Kier alpha value is -0.280. The number of hydrogen-bond acceptors (Lipinski definition) is 2. The van der Waals surface area contributed by atoms with Crippen LogP contribution in [0.25, 0.3) is 0 Å². The van der Waals surface area contributed by atoms with Crippen LogP contribution in [-0.4, -0.2) is 24.5 Å². The number of carbonyl (C=O) groups is 1. The molecule has 2 bridgehead atoms. The molecule has 4 heteroatoms. The Kier molecular flexibility index (Phi) is 3.55. The fourth-order valence-corrected chi connectivity index (χ4v) is 5.20. The van der Waals surface area contributed by atoms with Crippen molar-refractivity contribution in [3.05, 3.63) is 0 Å². The molecule has 1 saturated heterocycles. The molecule has 3 saturated carbocycles. The second-order valence-electron chi connectivity index (χ2n) is 7.01. The van der Waals surface area contributed by atoms with Gasteiger partial charge in [-0.15, -0.1) is 12.4 Å². The Labute approximate surface area is 121 Å². The summed E-state index contributed by atoms with van der Waals surface area (Å²) in [5.41, 5.74) is 0. The van der Waals surface area contributed by atoms with E-state index in [2.05, 4.69) is 17.6 Å². The summed E-state index contributed by atoms with van der Waals surface area (Å²) in [5, 5.41) is 6.79. The van der Waals surface area contributed by atoms with Crippen molar-refractivity contribution < 1.29 is 4.79 Å². The minimum Gasteiger partial charge on any atom is -0.352 e. The van der Waals surface area contributed by atoms with E-state index in [1.54, 1.807) is 0 Å². The van der Waals surface area contributed by atoms with Gasteiger partial charge in [0.15, 0.2) is 0 Å². The van der Waals surface area contributed by atoms with Gasteiger partial charge in [-0.1, -0.05) is 0 Å². The zero-order valence-electron chi connectivity index (χ0n) is 11.6. The summed E-state index contributed by atoms with van der Waals surface area (Å²) in [4.78, 5) is 12.4. The number of fused-ring (bicyclic) bond motifs is 5. The van der Waals surface area contributed by atoms with Crippen molar-refractivity contribution in [2.24, 2.45) is 29.6 Å². The molecule has 3 nitrogen and oxygen atoms in total. The molecule has 4 rings (SSSR count). The van der Waals surface area contributed by atoms with E-state index in [1.807, 2.05) is 0 Å². The normalized spacial score (nSPS) is 50.3. The quantitative estimate of drug-likeness (QED) is 0.814. The summed E-state index contributed by atoms with van der Waals surface area (Å²) in [7, 11) is 0. The molecule has 108 valence electrons. The third-order valence-electron chi connectivity index (χ3n) is 6.13. The molecule has 3 aliphatic carbocycles. The minimum absolute atomic E-state index is 0. The van der Waals surface area contributed by atoms with Gasteiger partial charge in [-0.2, -0.15) is 0 Å². The van der Waals surface area contributed by atoms with Gasteiger partial charge in [0.1, 0.15) is 0 Å². The van der Waals surface area contributed by atoms with Crippen molar-refractivity contribution in [1.29, 1.82) is 0 Å². The molecule has 4 aliphatic rings. The van der Waals surface area contributed by atoms with Crippen LogP contribution in [0.2, 0.25) is 0 Å². The maximum Gasteiger partial charge on any atom is 0.223 e. The van der Waals surface area contributed by atoms with Gasteiger partial charge in [0.05, 0.1) is 0 Å². The van der Waals surface area contributed by atoms with E-state index in [1.165, 1.54) is 25.7 Å². The Morgan fingerprint density at radius 3 is 2.47 bits per heavy atom. The van der Waals surface area contributed by atoms with Crippen LogP contribution in [0.4, 0.5) is 0 Å². The smallest absolute Gasteiger partial charge is 0.223 e. The highest BCUT2D eigenvalue weighted by atomic mass is 35.5. The molecule has 19 heavy (non-hydrogen) atoms. The molecule has 2 N–H and O–H groups in total. The summed E-state index contributed by atoms with van der Waals surface area (Å²) < 4.78 is 0. The van der Waals surface area contributed by atoms with E-state index in [0.717, 1.165) is 36.6 Å². The van der Waals surface area contributed by atoms with Crippen molar-refractivity contribution in [3.8, 4) is 0 Å². The lowest BCUT2D eigenvalue weighted by atomic mass is 9.98. The molecule has 1 heterocycles. The van der Waals surface area contributed by atoms with Crippen molar-refractivity contribution in [1.82, 2.24) is 10.6 Å². The van der Waals surface area contributed by atoms with Crippen LogP contribution >= 0.6 is 12.4 Å². The highest BCUT2D eigenvalue weighted by Crippen LogP contribution is 2.69. The molecule has 6 unspecified atom stereocenters. The van der Waals surface area contributed by atoms with Gasteiger partial charge in [-0.3, -0.25) is 4.79 Å². The van der Waals surface area contributed by atoms with E-state index in [0.29, 0.717) is 23.9 Å². The number of amides is 1. The summed E-state index contributed by atoms with van der Waals surface area (Å²) in [6, 6.07) is 0.809. The van der Waals surface area contributed by atoms with Crippen LogP contribution in [0.1, 0.15) is 39.0 Å². The van der Waals surface area contributed by atoms with E-state index < -0.39 is 0 Å². The largest absolute Gasteiger partial charge is 0.352 e. The zero-order chi connectivity index (χ0) is 12.3. The second kappa shape index (κ2) is 4.92. The van der Waals surface area contributed by atoms with Crippen molar-refractivity contribution in [3.63, 3.8) is 0 Å². The first-order valence-electron chi connectivity index (χ1n) is 7.79. The lowest BCUT2D eigenvalue weighted by Crippen LogP contribution is -2.52. The standard InChI is InChI=1S/C15H24N2O.ClH/c1-8-11(3-2-6-16-8)17-15(18)14-12-9-4-5-10(7-9)13(12)14;/h8-14,16H,2-7H2,1H3,(H,17,18);1H. The molecule has 6 atom stereocenters. The number of rotatable bonds is 2. The summed E-state index contributed by atoms with van der Waals surface area (Å²) in [6.07, 6.45) is 6.57. The molecular formula is C15H25ClN2O. The van der Waals surface area contributed by atoms with Gasteiger partial charge in [0, 0.05) is 18.0 Å². The van der Waals surface area contributed by atoms with Gasteiger partial charge in [0.25, 0.3) is 0 Å². The Morgan fingerprint density at radius 2 is 1.84 bits per heavy atom. The van der Waals surface area contributed by atoms with E-state index in [-0.39, 0.29) is 12.4 Å². The molecule has 4 fully saturated rings. The molecule has 0 spiro atoms. The highest BCUT2D eigenvalue weighted by Gasteiger charge is 2.67. The lowest BCUT2D eigenvalue weighted by molar-refractivity contribution is -0.124. The van der Waals surface area contributed by atoms with Gasteiger partial charge < -0.3 is 10.6 Å². The molecule has 1 aliphatic heterocycles. The Morgan fingerprint density at radius 1 is 1.16 bits per heavy atom. The molecule has 0 aromatic heterocycles. The van der Waals surface area contributed by atoms with Crippen LogP contribution in [0, 0.1) is 29.6 Å². The third kappa shape index (κ3) is 2.09. The first-order valence-corrected chi connectivity index (χ1v) is 7.79. The zero-order valence-corrected chi connectivity index (χ0v) is 12.4. The first-order chi connectivity index (χ1) is 8.75. The van der Waals surface area contributed by atoms with Crippen LogP contribution < -0.4 is 10.6 Å². The number of nitrogens with one attached hydrogen (secondary N) is 2. The fourth-order valence-electron chi connectivity index (χ4n) is 5.20. The first kappa shape index (κ1) is 13.7. The SMILES string of the molecule is CC1NCCCC1NC(=O)C1C2C3CCC(C3)C12.Cl. The predicted molar refractivity (Wildman–Crippen MR) is 77.2 cm³/mol. The monoisotopic (exact) mass is 284 g/mol. The summed E-state index contributed by atoms with van der Waals surface area (Å²) >= 11 is 0. The molecule has 1 amide bonds. The second-order valence-corrected chi connectivity index (χ2v) is 7.01. The van der Waals surface area contributed by atoms with Gasteiger partial charge in [0.2, 0.25) is 5.91 Å². The van der Waals surface area contributed by atoms with E-state index in [9.17, 15) is 4.79 Å². The highest BCUT2D eigenvalue weighted by molar-refractivity contribution is 5.85. The number of piperidine rings is 1. The average Bonchev–Trinajstić information content (AvgIpc) is 2.82. The Balaban J connectivity index is 0.00000110. The molecule has 0 aromatic rings. The molecular weight excluding hydrogens is 260 g/mol. The number of carbonyl (C=O) groups excluding carboxylic acids is 1. The minimum atomic E-state index is 0. The van der Waals surface area contributed by atoms with Crippen LogP contribution in [0.5, 0.6) is 0 Å². The van der Waals surface area contributed by atoms with Crippen LogP contribution in [0.15, 0.2) is 0 Å². The Bertz CT molecular complexity index is 359. The van der Waals surface area contributed by atoms with Gasteiger partial charge in [-0.25, -0.2) is 0 Å². The number of hydrogen-bond donors (Lipinski definition) is 2. The molecule has 0 aromatic carbocycles. The van der Waals surface area contributed by atoms with Crippen LogP contribution in [-0.2, 0) is 4.79 Å².